The molecule has 1 atom stereocenters. The lowest BCUT2D eigenvalue weighted by Crippen LogP contribution is -2.39. The van der Waals surface area contributed by atoms with Crippen LogP contribution >= 0.6 is 0 Å². The summed E-state index contributed by atoms with van der Waals surface area (Å²) in [6, 6.07) is 7.53. The molecule has 1 fully saturated rings. The fourth-order valence-corrected chi connectivity index (χ4v) is 2.99. The smallest absolute Gasteiger partial charge is 0.358 e. The van der Waals surface area contributed by atoms with Gasteiger partial charge in [-0.05, 0) is 30.5 Å². The maximum absolute atomic E-state index is 12.8. The number of ether oxygens (including phenoxy) is 2. The predicted molar refractivity (Wildman–Crippen MR) is 94.4 cm³/mol. The fourth-order valence-electron chi connectivity index (χ4n) is 2.99. The van der Waals surface area contributed by atoms with Crippen LogP contribution in [0.4, 0.5) is 0 Å². The first-order valence-electron chi connectivity index (χ1n) is 8.71. The van der Waals surface area contributed by atoms with Crippen LogP contribution < -0.4 is 4.74 Å². The molecule has 1 N–H and O–H groups in total. The average molecular weight is 374 g/mol. The van der Waals surface area contributed by atoms with Gasteiger partial charge in [-0.2, -0.15) is 0 Å². The summed E-state index contributed by atoms with van der Waals surface area (Å²) in [6.45, 7) is 1.49. The summed E-state index contributed by atoms with van der Waals surface area (Å²) in [5, 5.41) is 16.2. The quantitative estimate of drug-likeness (QED) is 0.740. The van der Waals surface area contributed by atoms with Crippen LogP contribution in [-0.2, 0) is 22.6 Å². The Morgan fingerprint density at radius 1 is 1.44 bits per heavy atom. The van der Waals surface area contributed by atoms with Crippen molar-refractivity contribution in [1.82, 2.24) is 19.9 Å². The van der Waals surface area contributed by atoms with Crippen LogP contribution in [0, 0.1) is 0 Å². The zero-order valence-corrected chi connectivity index (χ0v) is 15.1. The van der Waals surface area contributed by atoms with Gasteiger partial charge in [-0.1, -0.05) is 17.3 Å². The minimum absolute atomic E-state index is 0.00452. The third-order valence-electron chi connectivity index (χ3n) is 4.36. The number of amides is 1. The van der Waals surface area contributed by atoms with Gasteiger partial charge in [0.25, 0.3) is 0 Å². The maximum atomic E-state index is 12.8. The Labute approximate surface area is 156 Å². The van der Waals surface area contributed by atoms with E-state index in [0.717, 1.165) is 24.2 Å². The summed E-state index contributed by atoms with van der Waals surface area (Å²) in [6.07, 6.45) is 3.14. The molecular formula is C18H22N4O5. The third kappa shape index (κ3) is 5.04. The number of benzene rings is 1. The summed E-state index contributed by atoms with van der Waals surface area (Å²) < 4.78 is 12.2. The molecule has 1 aromatic heterocycles. The number of carboxylic acids is 1. The number of carbonyl (C=O) groups excluding carboxylic acids is 1. The van der Waals surface area contributed by atoms with E-state index in [1.807, 2.05) is 24.3 Å². The lowest BCUT2D eigenvalue weighted by molar-refractivity contribution is -0.134. The first-order valence-corrected chi connectivity index (χ1v) is 8.71. The number of nitrogens with zero attached hydrogens (tertiary/aromatic N) is 4. The van der Waals surface area contributed by atoms with Crippen LogP contribution in [0.25, 0.3) is 0 Å². The van der Waals surface area contributed by atoms with Gasteiger partial charge in [-0.3, -0.25) is 4.79 Å². The summed E-state index contributed by atoms with van der Waals surface area (Å²) in [5.41, 5.74) is 0.742. The van der Waals surface area contributed by atoms with Crippen LogP contribution in [0.5, 0.6) is 5.75 Å². The normalized spacial score (nSPS) is 16.3. The number of carboxylic acid groups (broad SMARTS) is 1. The Kier molecular flexibility index (Phi) is 6.02. The second-order valence-electron chi connectivity index (χ2n) is 6.37. The van der Waals surface area contributed by atoms with Crippen molar-refractivity contribution < 1.29 is 24.2 Å². The van der Waals surface area contributed by atoms with Crippen molar-refractivity contribution in [2.45, 2.75) is 32.0 Å². The molecule has 0 bridgehead atoms. The molecule has 0 radical (unpaired) electrons. The number of aromatic carboxylic acids is 1. The molecule has 0 spiro atoms. The van der Waals surface area contributed by atoms with E-state index in [-0.39, 0.29) is 24.2 Å². The van der Waals surface area contributed by atoms with Crippen molar-refractivity contribution in [3.63, 3.8) is 0 Å². The van der Waals surface area contributed by atoms with Gasteiger partial charge in [0.05, 0.1) is 19.4 Å². The van der Waals surface area contributed by atoms with Crippen molar-refractivity contribution in [3.8, 4) is 5.75 Å². The topological polar surface area (TPSA) is 107 Å². The Hall–Kier alpha value is -2.94. The fraction of sp³-hybridized carbons (Fsp3) is 0.444. The monoisotopic (exact) mass is 374 g/mol. The average Bonchev–Trinajstić information content (AvgIpc) is 3.33. The minimum Gasteiger partial charge on any atom is -0.497 e. The molecule has 1 aromatic carbocycles. The maximum Gasteiger partial charge on any atom is 0.358 e. The zero-order chi connectivity index (χ0) is 19.2. The van der Waals surface area contributed by atoms with Crippen molar-refractivity contribution in [2.24, 2.45) is 0 Å². The molecule has 2 heterocycles. The molecule has 27 heavy (non-hydrogen) atoms. The molecule has 144 valence electrons. The highest BCUT2D eigenvalue weighted by atomic mass is 16.5. The molecule has 2 aromatic rings. The number of carbonyl (C=O) groups is 2. The van der Waals surface area contributed by atoms with E-state index in [2.05, 4.69) is 10.3 Å². The zero-order valence-electron chi connectivity index (χ0n) is 15.1. The first kappa shape index (κ1) is 18.8. The number of hydrogen-bond donors (Lipinski definition) is 1. The third-order valence-corrected chi connectivity index (χ3v) is 4.36. The molecule has 9 nitrogen and oxygen atoms in total. The van der Waals surface area contributed by atoms with Crippen LogP contribution in [-0.4, -0.2) is 63.2 Å². The summed E-state index contributed by atoms with van der Waals surface area (Å²) in [7, 11) is 1.60. The van der Waals surface area contributed by atoms with Gasteiger partial charge in [0.15, 0.2) is 5.69 Å². The summed E-state index contributed by atoms with van der Waals surface area (Å²) >= 11 is 0. The lowest BCUT2D eigenvalue weighted by atomic mass is 10.1. The van der Waals surface area contributed by atoms with E-state index >= 15 is 0 Å². The van der Waals surface area contributed by atoms with Crippen LogP contribution in [0.1, 0.15) is 28.9 Å². The molecule has 1 saturated heterocycles. The predicted octanol–water partition coefficient (Wildman–Crippen LogP) is 1.19. The SMILES string of the molecule is COc1cccc(CN(CC2CCCO2)C(=O)Cn2cc(C(=O)O)nn2)c1. The van der Waals surface area contributed by atoms with Gasteiger partial charge in [0.1, 0.15) is 12.3 Å². The van der Waals surface area contributed by atoms with E-state index in [1.54, 1.807) is 12.0 Å². The van der Waals surface area contributed by atoms with Crippen LogP contribution in [0.3, 0.4) is 0 Å². The molecule has 0 saturated carbocycles. The van der Waals surface area contributed by atoms with E-state index in [0.29, 0.717) is 19.7 Å². The number of aromatic nitrogens is 3. The molecule has 1 aliphatic rings. The van der Waals surface area contributed by atoms with Gasteiger partial charge in [0, 0.05) is 19.7 Å². The second kappa shape index (κ2) is 8.63. The molecule has 1 unspecified atom stereocenters. The molecular weight excluding hydrogens is 352 g/mol. The Bertz CT molecular complexity index is 801. The first-order chi connectivity index (χ1) is 13.0. The van der Waals surface area contributed by atoms with Gasteiger partial charge in [0.2, 0.25) is 5.91 Å². The van der Waals surface area contributed by atoms with Gasteiger partial charge in [-0.25, -0.2) is 9.48 Å². The van der Waals surface area contributed by atoms with Gasteiger partial charge in [-0.15, -0.1) is 5.10 Å². The highest BCUT2D eigenvalue weighted by Crippen LogP contribution is 2.18. The van der Waals surface area contributed by atoms with Crippen molar-refractivity contribution in [2.75, 3.05) is 20.3 Å². The highest BCUT2D eigenvalue weighted by Gasteiger charge is 2.23. The van der Waals surface area contributed by atoms with E-state index in [1.165, 1.54) is 10.9 Å². The Morgan fingerprint density at radius 2 is 2.30 bits per heavy atom. The molecule has 9 heteroatoms. The number of rotatable bonds is 8. The molecule has 1 aliphatic heterocycles. The summed E-state index contributed by atoms with van der Waals surface area (Å²) in [5.74, 6) is -0.643. The Balaban J connectivity index is 1.72. The largest absolute Gasteiger partial charge is 0.497 e. The summed E-state index contributed by atoms with van der Waals surface area (Å²) in [4.78, 5) is 25.5. The lowest BCUT2D eigenvalue weighted by Gasteiger charge is -2.25. The van der Waals surface area contributed by atoms with Gasteiger partial charge >= 0.3 is 5.97 Å². The number of hydrogen-bond acceptors (Lipinski definition) is 6. The van der Waals surface area contributed by atoms with E-state index in [9.17, 15) is 9.59 Å². The minimum atomic E-state index is -1.18. The standard InChI is InChI=1S/C18H22N4O5/c1-26-14-5-2-4-13(8-14)9-21(10-15-6-3-7-27-15)17(23)12-22-11-16(18(24)25)19-20-22/h2,4-5,8,11,15H,3,6-7,9-10,12H2,1H3,(H,24,25). The van der Waals surface area contributed by atoms with Crippen molar-refractivity contribution in [1.29, 1.82) is 0 Å². The molecule has 3 rings (SSSR count). The highest BCUT2D eigenvalue weighted by molar-refractivity contribution is 5.84. The number of methoxy groups -OCH3 is 1. The molecule has 1 amide bonds. The van der Waals surface area contributed by atoms with E-state index in [4.69, 9.17) is 14.6 Å². The van der Waals surface area contributed by atoms with Crippen LogP contribution in [0.2, 0.25) is 0 Å². The second-order valence-corrected chi connectivity index (χ2v) is 6.37. The van der Waals surface area contributed by atoms with Crippen molar-refractivity contribution >= 4 is 11.9 Å². The van der Waals surface area contributed by atoms with Gasteiger partial charge < -0.3 is 19.5 Å². The Morgan fingerprint density at radius 3 is 2.96 bits per heavy atom. The van der Waals surface area contributed by atoms with Crippen molar-refractivity contribution in [3.05, 3.63) is 41.7 Å². The van der Waals surface area contributed by atoms with Crippen LogP contribution in [0.15, 0.2) is 30.5 Å². The molecule has 0 aliphatic carbocycles. The van der Waals surface area contributed by atoms with E-state index < -0.39 is 5.97 Å².